The van der Waals surface area contributed by atoms with E-state index in [4.69, 9.17) is 4.74 Å². The van der Waals surface area contributed by atoms with Crippen LogP contribution in [0.15, 0.2) is 18.2 Å². The highest BCUT2D eigenvalue weighted by molar-refractivity contribution is 5.36. The Morgan fingerprint density at radius 2 is 1.88 bits per heavy atom. The molecule has 1 N–H and O–H groups in total. The number of hydrogen-bond donors (Lipinski definition) is 1. The van der Waals surface area contributed by atoms with Gasteiger partial charge in [0.2, 0.25) is 0 Å². The Hall–Kier alpha value is -1.18. The summed E-state index contributed by atoms with van der Waals surface area (Å²) in [5.41, 5.74) is 1.04. The number of aromatic hydroxyl groups is 1. The van der Waals surface area contributed by atoms with Crippen molar-refractivity contribution in [2.75, 3.05) is 0 Å². The van der Waals surface area contributed by atoms with Crippen molar-refractivity contribution in [2.45, 2.75) is 52.1 Å². The summed E-state index contributed by atoms with van der Waals surface area (Å²) in [5, 5.41) is 9.52. The second-order valence-corrected chi connectivity index (χ2v) is 5.17. The molecule has 0 spiro atoms. The third-order valence-corrected chi connectivity index (χ3v) is 3.71. The number of phenolic OH excluding ortho intramolecular Hbond substituents is 1. The van der Waals surface area contributed by atoms with Gasteiger partial charge < -0.3 is 9.84 Å². The molecule has 0 atom stereocenters. The molecule has 2 nitrogen and oxygen atoms in total. The van der Waals surface area contributed by atoms with Gasteiger partial charge in [0.05, 0.1) is 6.10 Å². The van der Waals surface area contributed by atoms with Gasteiger partial charge in [-0.15, -0.1) is 0 Å². The fraction of sp³-hybridized carbons (Fsp3) is 0.600. The van der Waals surface area contributed by atoms with E-state index in [1.54, 1.807) is 12.1 Å². The van der Waals surface area contributed by atoms with E-state index >= 15 is 0 Å². The standard InChI is InChI=1S/C15H22O2/c1-3-12-4-6-14(7-5-12)17-15-9-11(2)8-13(16)10-15/h8-10,12,14,16H,3-7H2,1-2H3. The van der Waals surface area contributed by atoms with Gasteiger partial charge in [0.1, 0.15) is 11.5 Å². The maximum Gasteiger partial charge on any atom is 0.123 e. The number of ether oxygens (including phenoxy) is 1. The fourth-order valence-electron chi connectivity index (χ4n) is 2.65. The predicted molar refractivity (Wildman–Crippen MR) is 69.5 cm³/mol. The first kappa shape index (κ1) is 12.3. The number of hydrogen-bond acceptors (Lipinski definition) is 2. The molecule has 0 saturated heterocycles. The first-order valence-electron chi connectivity index (χ1n) is 6.64. The molecular weight excluding hydrogens is 212 g/mol. The van der Waals surface area contributed by atoms with E-state index in [1.165, 1.54) is 19.3 Å². The Labute approximate surface area is 104 Å². The van der Waals surface area contributed by atoms with Gasteiger partial charge in [-0.05, 0) is 56.2 Å². The Morgan fingerprint density at radius 1 is 1.18 bits per heavy atom. The number of benzene rings is 1. The van der Waals surface area contributed by atoms with Crippen LogP contribution in [-0.2, 0) is 0 Å². The maximum absolute atomic E-state index is 9.52. The van der Waals surface area contributed by atoms with Crippen LogP contribution >= 0.6 is 0 Å². The minimum absolute atomic E-state index is 0.294. The second-order valence-electron chi connectivity index (χ2n) is 5.17. The van der Waals surface area contributed by atoms with Crippen molar-refractivity contribution in [3.63, 3.8) is 0 Å². The third kappa shape index (κ3) is 3.39. The quantitative estimate of drug-likeness (QED) is 0.855. The van der Waals surface area contributed by atoms with Crippen LogP contribution in [0.5, 0.6) is 11.5 Å². The molecule has 1 saturated carbocycles. The number of phenols is 1. The Kier molecular flexibility index (Phi) is 3.93. The van der Waals surface area contributed by atoms with Crippen molar-refractivity contribution in [1.29, 1.82) is 0 Å². The lowest BCUT2D eigenvalue weighted by molar-refractivity contribution is 0.129. The molecule has 94 valence electrons. The van der Waals surface area contributed by atoms with Crippen LogP contribution in [0.1, 0.15) is 44.6 Å². The molecule has 1 aliphatic rings. The molecule has 0 radical (unpaired) electrons. The molecule has 0 bridgehead atoms. The summed E-state index contributed by atoms with van der Waals surface area (Å²) in [5.74, 6) is 1.99. The molecule has 0 heterocycles. The average Bonchev–Trinajstić information content (AvgIpc) is 2.28. The summed E-state index contributed by atoms with van der Waals surface area (Å²) < 4.78 is 5.95. The zero-order chi connectivity index (χ0) is 12.3. The topological polar surface area (TPSA) is 29.5 Å². The van der Waals surface area contributed by atoms with E-state index in [9.17, 15) is 5.11 Å². The zero-order valence-electron chi connectivity index (χ0n) is 10.8. The molecule has 1 aromatic carbocycles. The lowest BCUT2D eigenvalue weighted by Gasteiger charge is -2.28. The van der Waals surface area contributed by atoms with Crippen LogP contribution in [0.25, 0.3) is 0 Å². The van der Waals surface area contributed by atoms with Gasteiger partial charge in [-0.25, -0.2) is 0 Å². The summed E-state index contributed by atoms with van der Waals surface area (Å²) >= 11 is 0. The molecule has 2 heteroatoms. The van der Waals surface area contributed by atoms with Crippen molar-refractivity contribution in [1.82, 2.24) is 0 Å². The van der Waals surface area contributed by atoms with Gasteiger partial charge >= 0.3 is 0 Å². The van der Waals surface area contributed by atoms with E-state index in [0.717, 1.165) is 30.1 Å². The first-order chi connectivity index (χ1) is 8.17. The van der Waals surface area contributed by atoms with Gasteiger partial charge in [-0.1, -0.05) is 13.3 Å². The highest BCUT2D eigenvalue weighted by atomic mass is 16.5. The predicted octanol–water partition coefficient (Wildman–Crippen LogP) is 4.05. The van der Waals surface area contributed by atoms with E-state index in [-0.39, 0.29) is 0 Å². The van der Waals surface area contributed by atoms with Gasteiger partial charge in [0.15, 0.2) is 0 Å². The average molecular weight is 234 g/mol. The van der Waals surface area contributed by atoms with Crippen molar-refractivity contribution in [3.8, 4) is 11.5 Å². The number of aryl methyl sites for hydroxylation is 1. The molecule has 1 aromatic rings. The number of rotatable bonds is 3. The summed E-state index contributed by atoms with van der Waals surface area (Å²) in [6, 6.07) is 5.45. The van der Waals surface area contributed by atoms with E-state index < -0.39 is 0 Å². The van der Waals surface area contributed by atoms with Crippen LogP contribution in [0.4, 0.5) is 0 Å². The highest BCUT2D eigenvalue weighted by Crippen LogP contribution is 2.30. The summed E-state index contributed by atoms with van der Waals surface area (Å²) in [7, 11) is 0. The lowest BCUT2D eigenvalue weighted by Crippen LogP contribution is -2.23. The summed E-state index contributed by atoms with van der Waals surface area (Å²) in [6.07, 6.45) is 6.47. The summed E-state index contributed by atoms with van der Waals surface area (Å²) in [6.45, 7) is 4.24. The van der Waals surface area contributed by atoms with Crippen molar-refractivity contribution >= 4 is 0 Å². The van der Waals surface area contributed by atoms with Crippen LogP contribution in [0.2, 0.25) is 0 Å². The third-order valence-electron chi connectivity index (χ3n) is 3.71. The van der Waals surface area contributed by atoms with Gasteiger partial charge in [0.25, 0.3) is 0 Å². The molecule has 17 heavy (non-hydrogen) atoms. The minimum Gasteiger partial charge on any atom is -0.508 e. The molecule has 1 aliphatic carbocycles. The first-order valence-corrected chi connectivity index (χ1v) is 6.64. The largest absolute Gasteiger partial charge is 0.508 e. The van der Waals surface area contributed by atoms with Crippen molar-refractivity contribution in [3.05, 3.63) is 23.8 Å². The van der Waals surface area contributed by atoms with Crippen LogP contribution in [0, 0.1) is 12.8 Å². The van der Waals surface area contributed by atoms with Crippen LogP contribution in [0.3, 0.4) is 0 Å². The van der Waals surface area contributed by atoms with Crippen molar-refractivity contribution < 1.29 is 9.84 Å². The van der Waals surface area contributed by atoms with E-state index in [0.29, 0.717) is 11.9 Å². The fourth-order valence-corrected chi connectivity index (χ4v) is 2.65. The molecular formula is C15H22O2. The molecule has 0 amide bonds. The SMILES string of the molecule is CCC1CCC(Oc2cc(C)cc(O)c2)CC1. The monoisotopic (exact) mass is 234 g/mol. The lowest BCUT2D eigenvalue weighted by atomic mass is 9.86. The minimum atomic E-state index is 0.294. The summed E-state index contributed by atoms with van der Waals surface area (Å²) in [4.78, 5) is 0. The second kappa shape index (κ2) is 5.44. The molecule has 1 fully saturated rings. The zero-order valence-corrected chi connectivity index (χ0v) is 10.8. The van der Waals surface area contributed by atoms with Gasteiger partial charge in [-0.3, -0.25) is 0 Å². The Balaban J connectivity index is 1.93. The van der Waals surface area contributed by atoms with Gasteiger partial charge in [0, 0.05) is 6.07 Å². The van der Waals surface area contributed by atoms with Crippen LogP contribution in [-0.4, -0.2) is 11.2 Å². The molecule has 0 aliphatic heterocycles. The maximum atomic E-state index is 9.52. The Morgan fingerprint density at radius 3 is 2.47 bits per heavy atom. The van der Waals surface area contributed by atoms with Crippen molar-refractivity contribution in [2.24, 2.45) is 5.92 Å². The normalized spacial score (nSPS) is 24.6. The smallest absolute Gasteiger partial charge is 0.123 e. The van der Waals surface area contributed by atoms with Crippen LogP contribution < -0.4 is 4.74 Å². The van der Waals surface area contributed by atoms with Gasteiger partial charge in [-0.2, -0.15) is 0 Å². The Bertz CT molecular complexity index is 345. The van der Waals surface area contributed by atoms with E-state index in [1.807, 2.05) is 13.0 Å². The molecule has 2 rings (SSSR count). The highest BCUT2D eigenvalue weighted by Gasteiger charge is 2.21. The molecule has 0 aromatic heterocycles. The van der Waals surface area contributed by atoms with E-state index in [2.05, 4.69) is 6.92 Å². The molecule has 0 unspecified atom stereocenters.